The fourth-order valence-electron chi connectivity index (χ4n) is 2.69. The van der Waals surface area contributed by atoms with Crippen molar-refractivity contribution >= 4 is 17.7 Å². The van der Waals surface area contributed by atoms with Crippen LogP contribution in [-0.4, -0.2) is 30.7 Å². The van der Waals surface area contributed by atoms with Crippen LogP contribution in [0.15, 0.2) is 29.3 Å². The number of aliphatic imine (C=N–C) groups is 1. The van der Waals surface area contributed by atoms with E-state index in [4.69, 9.17) is 0 Å². The highest BCUT2D eigenvalue weighted by Crippen LogP contribution is 2.28. The van der Waals surface area contributed by atoms with Gasteiger partial charge in [-0.05, 0) is 48.9 Å². The molecule has 0 saturated heterocycles. The van der Waals surface area contributed by atoms with Crippen LogP contribution in [0.5, 0.6) is 5.75 Å². The van der Waals surface area contributed by atoms with Crippen LogP contribution in [0.2, 0.25) is 0 Å². The third-order valence-electron chi connectivity index (χ3n) is 4.23. The average molecular weight is 318 g/mol. The fraction of sp³-hybridized carbons (Fsp3) is 0.529. The van der Waals surface area contributed by atoms with Gasteiger partial charge < -0.3 is 15.7 Å². The molecule has 6 nitrogen and oxygen atoms in total. The van der Waals surface area contributed by atoms with E-state index in [0.717, 1.165) is 11.6 Å². The Hall–Kier alpha value is -2.24. The number of benzene rings is 1. The molecular weight excluding hydrogens is 292 g/mol. The van der Waals surface area contributed by atoms with Crippen molar-refractivity contribution in [2.75, 3.05) is 18.9 Å². The predicted molar refractivity (Wildman–Crippen MR) is 92.7 cm³/mol. The smallest absolute Gasteiger partial charge is 0.321 e. The molecule has 0 bridgehead atoms. The van der Waals surface area contributed by atoms with E-state index in [-0.39, 0.29) is 11.8 Å². The van der Waals surface area contributed by atoms with Crippen molar-refractivity contribution in [3.63, 3.8) is 0 Å². The van der Waals surface area contributed by atoms with Gasteiger partial charge in [-0.25, -0.2) is 4.79 Å². The van der Waals surface area contributed by atoms with E-state index >= 15 is 0 Å². The number of guanidine groups is 1. The third-order valence-corrected chi connectivity index (χ3v) is 4.23. The second kappa shape index (κ2) is 8.41. The lowest BCUT2D eigenvalue weighted by molar-refractivity contribution is 0.247. The summed E-state index contributed by atoms with van der Waals surface area (Å²) < 4.78 is 0. The summed E-state index contributed by atoms with van der Waals surface area (Å²) >= 11 is 0. The first-order valence-electron chi connectivity index (χ1n) is 8.16. The molecule has 2 amide bonds. The van der Waals surface area contributed by atoms with Crippen LogP contribution in [-0.2, 0) is 0 Å². The van der Waals surface area contributed by atoms with Gasteiger partial charge in [0.05, 0.1) is 0 Å². The lowest BCUT2D eigenvalue weighted by Gasteiger charge is -2.25. The maximum Gasteiger partial charge on any atom is 0.321 e. The van der Waals surface area contributed by atoms with E-state index in [1.165, 1.54) is 25.7 Å². The first-order chi connectivity index (χ1) is 11.1. The van der Waals surface area contributed by atoms with Crippen LogP contribution in [0.25, 0.3) is 0 Å². The van der Waals surface area contributed by atoms with E-state index in [9.17, 15) is 9.90 Å². The van der Waals surface area contributed by atoms with Crippen LogP contribution in [0, 0.1) is 11.8 Å². The number of aromatic hydroxyl groups is 1. The first kappa shape index (κ1) is 17.1. The standard InChI is InChI=1S/C17H26N4O2/c1-12-3-5-13(6-4-12)11-19-16(21-17(23)18-2)20-14-7-9-15(22)10-8-14/h7-10,12-13,22H,3-6,11H2,1-2H3,(H3,18,19,20,21,23). The Bertz CT molecular complexity index is 534. The minimum Gasteiger partial charge on any atom is -0.508 e. The number of phenols is 1. The number of hydrogen-bond acceptors (Lipinski definition) is 3. The molecule has 0 radical (unpaired) electrons. The second-order valence-corrected chi connectivity index (χ2v) is 6.19. The number of rotatable bonds is 3. The topological polar surface area (TPSA) is 85.8 Å². The third kappa shape index (κ3) is 5.81. The van der Waals surface area contributed by atoms with Gasteiger partial charge in [-0.15, -0.1) is 0 Å². The molecule has 1 aliphatic rings. The lowest BCUT2D eigenvalue weighted by atomic mass is 9.83. The molecular formula is C17H26N4O2. The number of anilines is 1. The highest BCUT2D eigenvalue weighted by atomic mass is 16.3. The summed E-state index contributed by atoms with van der Waals surface area (Å²) in [6, 6.07) is 6.33. The van der Waals surface area contributed by atoms with Gasteiger partial charge in [0, 0.05) is 19.3 Å². The van der Waals surface area contributed by atoms with Crippen molar-refractivity contribution in [1.82, 2.24) is 10.6 Å². The van der Waals surface area contributed by atoms with Crippen molar-refractivity contribution in [2.45, 2.75) is 32.6 Å². The molecule has 4 N–H and O–H groups in total. The molecule has 0 aliphatic heterocycles. The van der Waals surface area contributed by atoms with E-state index in [1.54, 1.807) is 31.3 Å². The Kier molecular flexibility index (Phi) is 6.26. The van der Waals surface area contributed by atoms with Crippen LogP contribution < -0.4 is 16.0 Å². The van der Waals surface area contributed by atoms with Gasteiger partial charge in [0.15, 0.2) is 0 Å². The number of nitrogens with one attached hydrogen (secondary N) is 3. The average Bonchev–Trinajstić information content (AvgIpc) is 2.56. The predicted octanol–water partition coefficient (Wildman–Crippen LogP) is 2.92. The zero-order valence-corrected chi connectivity index (χ0v) is 13.8. The lowest BCUT2D eigenvalue weighted by Crippen LogP contribution is -2.41. The van der Waals surface area contributed by atoms with E-state index in [1.807, 2.05) is 0 Å². The summed E-state index contributed by atoms with van der Waals surface area (Å²) in [6.07, 6.45) is 4.89. The van der Waals surface area contributed by atoms with Crippen molar-refractivity contribution in [1.29, 1.82) is 0 Å². The Balaban J connectivity index is 1.99. The number of nitrogens with zero attached hydrogens (tertiary/aromatic N) is 1. The van der Waals surface area contributed by atoms with Crippen LogP contribution in [0.4, 0.5) is 10.5 Å². The van der Waals surface area contributed by atoms with Crippen molar-refractivity contribution in [3.8, 4) is 5.75 Å². The molecule has 126 valence electrons. The largest absolute Gasteiger partial charge is 0.508 e. The maximum atomic E-state index is 11.6. The van der Waals surface area contributed by atoms with Crippen molar-refractivity contribution in [2.24, 2.45) is 16.8 Å². The number of hydrogen-bond donors (Lipinski definition) is 4. The number of carbonyl (C=O) groups is 1. The maximum absolute atomic E-state index is 11.6. The molecule has 2 rings (SSSR count). The summed E-state index contributed by atoms with van der Waals surface area (Å²) in [4.78, 5) is 16.1. The van der Waals surface area contributed by atoms with Gasteiger partial charge in [-0.2, -0.15) is 0 Å². The summed E-state index contributed by atoms with van der Waals surface area (Å²) in [5.41, 5.74) is 0.759. The molecule has 0 aromatic heterocycles. The minimum atomic E-state index is -0.313. The van der Waals surface area contributed by atoms with Gasteiger partial charge in [0.25, 0.3) is 0 Å². The number of carbonyl (C=O) groups excluding carboxylic acids is 1. The number of phenolic OH excluding ortho intramolecular Hbond substituents is 1. The summed E-state index contributed by atoms with van der Waals surface area (Å²) in [7, 11) is 1.57. The SMILES string of the molecule is CNC(=O)NC(=NCC1CCC(C)CC1)Nc1ccc(O)cc1. The molecule has 1 aromatic rings. The highest BCUT2D eigenvalue weighted by Gasteiger charge is 2.18. The van der Waals surface area contributed by atoms with Crippen LogP contribution >= 0.6 is 0 Å². The Morgan fingerprint density at radius 1 is 1.22 bits per heavy atom. The summed E-state index contributed by atoms with van der Waals surface area (Å²) in [5, 5.41) is 17.6. The Morgan fingerprint density at radius 3 is 2.48 bits per heavy atom. The zero-order chi connectivity index (χ0) is 16.7. The van der Waals surface area contributed by atoms with E-state index < -0.39 is 0 Å². The number of amides is 2. The van der Waals surface area contributed by atoms with Gasteiger partial charge in [-0.1, -0.05) is 19.8 Å². The Morgan fingerprint density at radius 2 is 1.87 bits per heavy atom. The second-order valence-electron chi connectivity index (χ2n) is 6.19. The van der Waals surface area contributed by atoms with E-state index in [0.29, 0.717) is 18.4 Å². The van der Waals surface area contributed by atoms with Crippen LogP contribution in [0.1, 0.15) is 32.6 Å². The molecule has 1 saturated carbocycles. The van der Waals surface area contributed by atoms with Gasteiger partial charge in [0.1, 0.15) is 5.75 Å². The molecule has 1 fully saturated rings. The van der Waals surface area contributed by atoms with Crippen molar-refractivity contribution < 1.29 is 9.90 Å². The monoisotopic (exact) mass is 318 g/mol. The van der Waals surface area contributed by atoms with Gasteiger partial charge in [-0.3, -0.25) is 10.3 Å². The molecule has 6 heteroatoms. The summed E-state index contributed by atoms with van der Waals surface area (Å²) in [5.74, 6) is 2.02. The molecule has 23 heavy (non-hydrogen) atoms. The number of urea groups is 1. The van der Waals surface area contributed by atoms with E-state index in [2.05, 4.69) is 27.9 Å². The normalized spacial score (nSPS) is 21.6. The zero-order valence-electron chi connectivity index (χ0n) is 13.8. The quantitative estimate of drug-likeness (QED) is 0.393. The molecule has 0 spiro atoms. The molecule has 0 atom stereocenters. The van der Waals surface area contributed by atoms with Gasteiger partial charge >= 0.3 is 6.03 Å². The summed E-state index contributed by atoms with van der Waals surface area (Å²) in [6.45, 7) is 3.00. The first-order valence-corrected chi connectivity index (χ1v) is 8.16. The van der Waals surface area contributed by atoms with Crippen LogP contribution in [0.3, 0.4) is 0 Å². The molecule has 0 unspecified atom stereocenters. The van der Waals surface area contributed by atoms with Crippen molar-refractivity contribution in [3.05, 3.63) is 24.3 Å². The molecule has 1 aromatic carbocycles. The minimum absolute atomic E-state index is 0.199. The molecule has 1 aliphatic carbocycles. The molecule has 0 heterocycles. The fourth-order valence-corrected chi connectivity index (χ4v) is 2.69. The Labute approximate surface area is 137 Å². The highest BCUT2D eigenvalue weighted by molar-refractivity contribution is 6.03. The van der Waals surface area contributed by atoms with Gasteiger partial charge in [0.2, 0.25) is 5.96 Å².